The van der Waals surface area contributed by atoms with Crippen molar-refractivity contribution in [2.75, 3.05) is 26.2 Å². The van der Waals surface area contributed by atoms with E-state index >= 15 is 0 Å². The predicted octanol–water partition coefficient (Wildman–Crippen LogP) is 1.07. The Kier molecular flexibility index (Phi) is 4.41. The Bertz CT molecular complexity index is 189. The van der Waals surface area contributed by atoms with Crippen LogP contribution in [0.2, 0.25) is 0 Å². The lowest BCUT2D eigenvalue weighted by Gasteiger charge is -2.36. The number of carbonyl (C=O) groups is 1. The molecule has 1 aliphatic rings. The van der Waals surface area contributed by atoms with E-state index in [0.29, 0.717) is 11.9 Å². The molecular weight excluding hydrogens is 204 g/mol. The normalized spacial score (nSPS) is 22.1. The molecule has 3 nitrogen and oxygen atoms in total. The highest BCUT2D eigenvalue weighted by Crippen LogP contribution is 2.19. The fourth-order valence-corrected chi connectivity index (χ4v) is 2.15. The van der Waals surface area contributed by atoms with Crippen molar-refractivity contribution in [2.24, 2.45) is 0 Å². The molecule has 0 aromatic rings. The molecule has 0 spiro atoms. The maximum Gasteiger partial charge on any atom is 0.236 e. The van der Waals surface area contributed by atoms with E-state index in [4.69, 9.17) is 0 Å². The van der Waals surface area contributed by atoms with Gasteiger partial charge in [0.15, 0.2) is 0 Å². The average Bonchev–Trinajstić information content (AvgIpc) is 2.16. The van der Waals surface area contributed by atoms with Gasteiger partial charge in [-0.2, -0.15) is 0 Å². The topological polar surface area (TPSA) is 23.6 Å². The van der Waals surface area contributed by atoms with Crippen LogP contribution in [0, 0.1) is 0 Å². The van der Waals surface area contributed by atoms with Crippen molar-refractivity contribution in [3.05, 3.63) is 0 Å². The van der Waals surface area contributed by atoms with Gasteiger partial charge in [-0.25, -0.2) is 0 Å². The standard InChI is InChI=1S/C8H16N2OS2/c1-3-9-4-5-10(6-8(9)11)7(2)13-12/h7,12H,3-6H2,1-2H3. The van der Waals surface area contributed by atoms with Crippen molar-refractivity contribution < 1.29 is 4.79 Å². The quantitative estimate of drug-likeness (QED) is 0.568. The number of amides is 1. The zero-order chi connectivity index (χ0) is 9.84. The van der Waals surface area contributed by atoms with Crippen LogP contribution in [-0.4, -0.2) is 47.3 Å². The van der Waals surface area contributed by atoms with Gasteiger partial charge in [0.25, 0.3) is 0 Å². The van der Waals surface area contributed by atoms with Crippen LogP contribution >= 0.6 is 22.5 Å². The molecule has 0 aliphatic carbocycles. The predicted molar refractivity (Wildman–Crippen MR) is 59.9 cm³/mol. The average molecular weight is 220 g/mol. The van der Waals surface area contributed by atoms with Crippen LogP contribution in [0.1, 0.15) is 13.8 Å². The molecule has 1 aliphatic heterocycles. The van der Waals surface area contributed by atoms with Gasteiger partial charge in [-0.15, -0.1) is 11.7 Å². The van der Waals surface area contributed by atoms with E-state index in [2.05, 4.69) is 23.5 Å². The first-order valence-corrected chi connectivity index (χ1v) is 6.44. The van der Waals surface area contributed by atoms with Gasteiger partial charge in [-0.1, -0.05) is 10.8 Å². The summed E-state index contributed by atoms with van der Waals surface area (Å²) in [6, 6.07) is 0. The van der Waals surface area contributed by atoms with Gasteiger partial charge in [0.2, 0.25) is 5.91 Å². The highest BCUT2D eigenvalue weighted by atomic mass is 33.1. The Hall–Kier alpha value is 0.130. The highest BCUT2D eigenvalue weighted by molar-refractivity contribution is 8.68. The lowest BCUT2D eigenvalue weighted by Crippen LogP contribution is -2.51. The highest BCUT2D eigenvalue weighted by Gasteiger charge is 2.25. The Morgan fingerprint density at radius 2 is 2.31 bits per heavy atom. The summed E-state index contributed by atoms with van der Waals surface area (Å²) in [5.41, 5.74) is 0. The summed E-state index contributed by atoms with van der Waals surface area (Å²) < 4.78 is 0. The zero-order valence-electron chi connectivity index (χ0n) is 8.06. The summed E-state index contributed by atoms with van der Waals surface area (Å²) in [5.74, 6) is 0.239. The molecule has 0 bridgehead atoms. The Morgan fingerprint density at radius 1 is 1.62 bits per heavy atom. The number of likely N-dealkylation sites (N-methyl/N-ethyl adjacent to an activating group) is 1. The summed E-state index contributed by atoms with van der Waals surface area (Å²) in [5, 5.41) is 0.325. The molecule has 0 aromatic heterocycles. The first kappa shape index (κ1) is 11.2. The second-order valence-corrected chi connectivity index (χ2v) is 4.67. The third-order valence-corrected chi connectivity index (χ3v) is 3.92. The SMILES string of the molecule is CCN1CCN(C(C)SS)CC1=O. The number of piperazine rings is 1. The molecule has 0 radical (unpaired) electrons. The summed E-state index contributed by atoms with van der Waals surface area (Å²) in [6.45, 7) is 7.29. The number of thiol groups is 1. The molecule has 1 atom stereocenters. The van der Waals surface area contributed by atoms with Crippen LogP contribution in [0.3, 0.4) is 0 Å². The van der Waals surface area contributed by atoms with Gasteiger partial charge in [-0.3, -0.25) is 9.69 Å². The van der Waals surface area contributed by atoms with Gasteiger partial charge < -0.3 is 4.90 Å². The maximum atomic E-state index is 11.5. The molecule has 0 N–H and O–H groups in total. The van der Waals surface area contributed by atoms with Crippen molar-refractivity contribution in [1.29, 1.82) is 0 Å². The molecular formula is C8H16N2OS2. The summed E-state index contributed by atoms with van der Waals surface area (Å²) in [6.07, 6.45) is 0. The molecule has 0 aromatic carbocycles. The summed E-state index contributed by atoms with van der Waals surface area (Å²) in [7, 11) is 1.49. The maximum absolute atomic E-state index is 11.5. The van der Waals surface area contributed by atoms with Gasteiger partial charge in [0, 0.05) is 19.6 Å². The van der Waals surface area contributed by atoms with E-state index < -0.39 is 0 Å². The largest absolute Gasteiger partial charge is 0.341 e. The molecule has 5 heteroatoms. The minimum atomic E-state index is 0.239. The third-order valence-electron chi connectivity index (χ3n) is 2.40. The molecule has 0 saturated carbocycles. The Labute approximate surface area is 88.6 Å². The minimum Gasteiger partial charge on any atom is -0.341 e. The fraction of sp³-hybridized carbons (Fsp3) is 0.875. The van der Waals surface area contributed by atoms with Gasteiger partial charge in [0.05, 0.1) is 11.9 Å². The van der Waals surface area contributed by atoms with Crippen molar-refractivity contribution >= 4 is 28.4 Å². The van der Waals surface area contributed by atoms with E-state index in [0.717, 1.165) is 19.6 Å². The van der Waals surface area contributed by atoms with Gasteiger partial charge in [0.1, 0.15) is 0 Å². The summed E-state index contributed by atoms with van der Waals surface area (Å²) >= 11 is 4.15. The van der Waals surface area contributed by atoms with Crippen molar-refractivity contribution in [3.63, 3.8) is 0 Å². The molecule has 13 heavy (non-hydrogen) atoms. The lowest BCUT2D eigenvalue weighted by molar-refractivity contribution is -0.135. The molecule has 1 rings (SSSR count). The fourth-order valence-electron chi connectivity index (χ4n) is 1.44. The Morgan fingerprint density at radius 3 is 2.77 bits per heavy atom. The second-order valence-electron chi connectivity index (χ2n) is 3.15. The number of hydrogen-bond donors (Lipinski definition) is 1. The van der Waals surface area contributed by atoms with E-state index in [9.17, 15) is 4.79 Å². The number of hydrogen-bond acceptors (Lipinski definition) is 4. The molecule has 1 fully saturated rings. The minimum absolute atomic E-state index is 0.239. The molecule has 76 valence electrons. The van der Waals surface area contributed by atoms with Gasteiger partial charge in [-0.05, 0) is 13.8 Å². The van der Waals surface area contributed by atoms with Crippen LogP contribution in [0.15, 0.2) is 0 Å². The molecule has 1 amide bonds. The van der Waals surface area contributed by atoms with Crippen molar-refractivity contribution in [1.82, 2.24) is 9.80 Å². The first-order chi connectivity index (χ1) is 6.19. The number of nitrogens with zero attached hydrogens (tertiary/aromatic N) is 2. The van der Waals surface area contributed by atoms with Gasteiger partial charge >= 0.3 is 0 Å². The third kappa shape index (κ3) is 2.79. The van der Waals surface area contributed by atoms with Crippen LogP contribution in [-0.2, 0) is 4.79 Å². The van der Waals surface area contributed by atoms with Crippen molar-refractivity contribution in [2.45, 2.75) is 19.2 Å². The van der Waals surface area contributed by atoms with Crippen LogP contribution in [0.25, 0.3) is 0 Å². The number of rotatable bonds is 3. The molecule has 1 saturated heterocycles. The second kappa shape index (κ2) is 5.12. The van der Waals surface area contributed by atoms with E-state index in [1.165, 1.54) is 10.8 Å². The smallest absolute Gasteiger partial charge is 0.236 e. The van der Waals surface area contributed by atoms with E-state index in [1.807, 2.05) is 11.8 Å². The van der Waals surface area contributed by atoms with Crippen molar-refractivity contribution in [3.8, 4) is 0 Å². The van der Waals surface area contributed by atoms with Crippen LogP contribution in [0.5, 0.6) is 0 Å². The zero-order valence-corrected chi connectivity index (χ0v) is 9.77. The summed E-state index contributed by atoms with van der Waals surface area (Å²) in [4.78, 5) is 15.6. The van der Waals surface area contributed by atoms with E-state index in [-0.39, 0.29) is 5.91 Å². The van der Waals surface area contributed by atoms with E-state index in [1.54, 1.807) is 0 Å². The number of carbonyl (C=O) groups excluding carboxylic acids is 1. The monoisotopic (exact) mass is 220 g/mol. The Balaban J connectivity index is 2.45. The van der Waals surface area contributed by atoms with Crippen LogP contribution < -0.4 is 0 Å². The molecule has 1 unspecified atom stereocenters. The molecule has 1 heterocycles. The lowest BCUT2D eigenvalue weighted by atomic mass is 10.3. The van der Waals surface area contributed by atoms with Crippen LogP contribution in [0.4, 0.5) is 0 Å². The first-order valence-electron chi connectivity index (χ1n) is 4.51.